The van der Waals surface area contributed by atoms with Crippen LogP contribution < -0.4 is 0 Å². The quantitative estimate of drug-likeness (QED) is 0.186. The summed E-state index contributed by atoms with van der Waals surface area (Å²) in [7, 11) is 0. The van der Waals surface area contributed by atoms with Crippen molar-refractivity contribution in [2.24, 2.45) is 0 Å². The Bertz CT molecular complexity index is 3160. The molecule has 4 aromatic heterocycles. The van der Waals surface area contributed by atoms with Crippen LogP contribution in [-0.4, -0.2) is 15.0 Å². The number of fused-ring (bicyclic) bond motifs is 9. The first-order valence-corrected chi connectivity index (χ1v) is 17.7. The lowest BCUT2D eigenvalue weighted by Gasteiger charge is -2.09. The number of nitrogens with zero attached hydrogens (tertiary/aromatic N) is 3. The number of rotatable bonds is 4. The Morgan fingerprint density at radius 1 is 0.373 bits per heavy atom. The number of furan rings is 2. The van der Waals surface area contributed by atoms with Gasteiger partial charge in [0.15, 0.2) is 17.5 Å². The zero-order valence-corrected chi connectivity index (χ0v) is 27.8. The molecule has 0 atom stereocenters. The monoisotopic (exact) mass is 671 g/mol. The molecular weight excluding hydrogens is 647 g/mol. The van der Waals surface area contributed by atoms with Crippen molar-refractivity contribution in [3.8, 4) is 45.3 Å². The Kier molecular flexibility index (Phi) is 6.05. The summed E-state index contributed by atoms with van der Waals surface area (Å²) < 4.78 is 15.2. The van der Waals surface area contributed by atoms with E-state index in [0.717, 1.165) is 71.7 Å². The zero-order chi connectivity index (χ0) is 33.5. The average Bonchev–Trinajstić information content (AvgIpc) is 3.88. The van der Waals surface area contributed by atoms with E-state index in [1.165, 1.54) is 20.2 Å². The molecule has 0 N–H and O–H groups in total. The molecule has 11 rings (SSSR count). The van der Waals surface area contributed by atoms with E-state index in [0.29, 0.717) is 17.5 Å². The summed E-state index contributed by atoms with van der Waals surface area (Å²) in [6.45, 7) is 0. The smallest absolute Gasteiger partial charge is 0.165 e. The van der Waals surface area contributed by atoms with Gasteiger partial charge in [-0.25, -0.2) is 15.0 Å². The Balaban J connectivity index is 1.07. The molecule has 51 heavy (non-hydrogen) atoms. The van der Waals surface area contributed by atoms with Crippen LogP contribution in [0.15, 0.2) is 160 Å². The minimum absolute atomic E-state index is 0.612. The molecule has 0 fully saturated rings. The van der Waals surface area contributed by atoms with Crippen LogP contribution in [0.1, 0.15) is 0 Å². The average molecular weight is 672 g/mol. The van der Waals surface area contributed by atoms with Crippen molar-refractivity contribution in [2.45, 2.75) is 0 Å². The minimum atomic E-state index is 0.612. The highest BCUT2D eigenvalue weighted by Crippen LogP contribution is 2.41. The highest BCUT2D eigenvalue weighted by Gasteiger charge is 2.19. The van der Waals surface area contributed by atoms with Gasteiger partial charge in [-0.15, -0.1) is 11.3 Å². The van der Waals surface area contributed by atoms with E-state index >= 15 is 0 Å². The Labute approximate surface area is 295 Å². The summed E-state index contributed by atoms with van der Waals surface area (Å²) in [5, 5.41) is 6.70. The molecule has 0 aliphatic rings. The van der Waals surface area contributed by atoms with E-state index in [9.17, 15) is 0 Å². The predicted octanol–water partition coefficient (Wildman–Crippen LogP) is 12.7. The maximum absolute atomic E-state index is 6.46. The van der Waals surface area contributed by atoms with E-state index in [1.54, 1.807) is 11.3 Å². The second-order valence-corrected chi connectivity index (χ2v) is 13.8. The largest absolute Gasteiger partial charge is 0.456 e. The third-order valence-corrected chi connectivity index (χ3v) is 11.0. The molecule has 6 heteroatoms. The van der Waals surface area contributed by atoms with Crippen LogP contribution in [0.2, 0.25) is 0 Å². The second kappa shape index (κ2) is 10.9. The van der Waals surface area contributed by atoms with Crippen molar-refractivity contribution in [2.75, 3.05) is 0 Å². The van der Waals surface area contributed by atoms with Crippen molar-refractivity contribution in [1.29, 1.82) is 0 Å². The highest BCUT2D eigenvalue weighted by molar-refractivity contribution is 7.26. The molecule has 7 aromatic carbocycles. The summed E-state index contributed by atoms with van der Waals surface area (Å²) in [6, 6.07) is 52.1. The molecule has 0 radical (unpaired) electrons. The number of hydrogen-bond donors (Lipinski definition) is 0. The van der Waals surface area contributed by atoms with Gasteiger partial charge < -0.3 is 8.83 Å². The number of aromatic nitrogens is 3. The molecule has 0 unspecified atom stereocenters. The van der Waals surface area contributed by atoms with Gasteiger partial charge in [0.25, 0.3) is 0 Å². The van der Waals surface area contributed by atoms with Crippen LogP contribution in [0.3, 0.4) is 0 Å². The highest BCUT2D eigenvalue weighted by atomic mass is 32.1. The fraction of sp³-hybridized carbons (Fsp3) is 0. The number of para-hydroxylation sites is 2. The fourth-order valence-corrected chi connectivity index (χ4v) is 8.54. The van der Waals surface area contributed by atoms with E-state index in [4.69, 9.17) is 23.8 Å². The normalized spacial score (nSPS) is 11.9. The summed E-state index contributed by atoms with van der Waals surface area (Å²) in [4.78, 5) is 15.2. The van der Waals surface area contributed by atoms with Gasteiger partial charge in [-0.05, 0) is 54.1 Å². The Morgan fingerprint density at radius 2 is 1.04 bits per heavy atom. The number of benzene rings is 7. The van der Waals surface area contributed by atoms with Gasteiger partial charge >= 0.3 is 0 Å². The van der Waals surface area contributed by atoms with Crippen LogP contribution in [0, 0.1) is 0 Å². The molecule has 0 amide bonds. The Morgan fingerprint density at radius 3 is 1.94 bits per heavy atom. The predicted molar refractivity (Wildman–Crippen MR) is 209 cm³/mol. The maximum atomic E-state index is 6.46. The van der Waals surface area contributed by atoms with Crippen LogP contribution in [0.4, 0.5) is 0 Å². The third-order valence-electron chi connectivity index (χ3n) is 9.76. The van der Waals surface area contributed by atoms with E-state index in [1.807, 2.05) is 60.7 Å². The molecule has 5 nitrogen and oxygen atoms in total. The molecule has 238 valence electrons. The molecule has 0 bridgehead atoms. The summed E-state index contributed by atoms with van der Waals surface area (Å²) in [5.41, 5.74) is 8.28. The van der Waals surface area contributed by atoms with Gasteiger partial charge in [0.05, 0.1) is 0 Å². The molecule has 0 saturated heterocycles. The van der Waals surface area contributed by atoms with Crippen molar-refractivity contribution < 1.29 is 8.83 Å². The molecule has 4 heterocycles. The van der Waals surface area contributed by atoms with Gasteiger partial charge in [-0.1, -0.05) is 103 Å². The number of hydrogen-bond acceptors (Lipinski definition) is 6. The first-order chi connectivity index (χ1) is 25.2. The van der Waals surface area contributed by atoms with E-state index in [-0.39, 0.29) is 0 Å². The van der Waals surface area contributed by atoms with Gasteiger partial charge in [-0.3, -0.25) is 0 Å². The fourth-order valence-electron chi connectivity index (χ4n) is 7.32. The molecular formula is C45H25N3O2S. The zero-order valence-electron chi connectivity index (χ0n) is 27.0. The minimum Gasteiger partial charge on any atom is -0.456 e. The Hall–Kier alpha value is -6.63. The van der Waals surface area contributed by atoms with Crippen molar-refractivity contribution >= 4 is 75.4 Å². The lowest BCUT2D eigenvalue weighted by Crippen LogP contribution is -2.00. The number of thiophene rings is 1. The maximum Gasteiger partial charge on any atom is 0.165 e. The molecule has 0 aliphatic carbocycles. The molecule has 0 spiro atoms. The standard InChI is InChI=1S/C45H25N3O2S/c1-2-10-26(11-3-1)43-46-44(48-45(47-43)35-17-9-16-34-32-13-5-7-19-40(32)51-42(34)35)28-21-23-38-36(24-28)31-22-20-27(25-39(31)49-38)29-14-8-15-33-30-12-4-6-18-37(30)50-41(29)33/h1-25H. The SMILES string of the molecule is c1ccc(-c2nc(-c3ccc4oc5cc(-c6cccc7c6oc6ccccc67)ccc5c4c3)nc(-c3cccc4c3sc3ccccc34)n2)cc1. The van der Waals surface area contributed by atoms with Gasteiger partial charge in [0.2, 0.25) is 0 Å². The van der Waals surface area contributed by atoms with E-state index < -0.39 is 0 Å². The van der Waals surface area contributed by atoms with E-state index in [2.05, 4.69) is 91.0 Å². The molecule has 0 saturated carbocycles. The summed E-state index contributed by atoms with van der Waals surface area (Å²) in [5.74, 6) is 1.90. The van der Waals surface area contributed by atoms with Crippen molar-refractivity contribution in [1.82, 2.24) is 15.0 Å². The van der Waals surface area contributed by atoms with Crippen LogP contribution in [-0.2, 0) is 0 Å². The molecule has 11 aromatic rings. The van der Waals surface area contributed by atoms with Crippen LogP contribution >= 0.6 is 11.3 Å². The second-order valence-electron chi connectivity index (χ2n) is 12.8. The van der Waals surface area contributed by atoms with Crippen LogP contribution in [0.5, 0.6) is 0 Å². The van der Waals surface area contributed by atoms with Crippen molar-refractivity contribution in [3.05, 3.63) is 152 Å². The summed E-state index contributed by atoms with van der Waals surface area (Å²) >= 11 is 1.77. The lowest BCUT2D eigenvalue weighted by molar-refractivity contribution is 0.668. The topological polar surface area (TPSA) is 65.0 Å². The summed E-state index contributed by atoms with van der Waals surface area (Å²) in [6.07, 6.45) is 0. The first kappa shape index (κ1) is 28.2. The van der Waals surface area contributed by atoms with Gasteiger partial charge in [0, 0.05) is 64.0 Å². The molecule has 0 aliphatic heterocycles. The van der Waals surface area contributed by atoms with Crippen LogP contribution in [0.25, 0.3) is 109 Å². The first-order valence-electron chi connectivity index (χ1n) is 16.8. The van der Waals surface area contributed by atoms with Crippen molar-refractivity contribution in [3.63, 3.8) is 0 Å². The van der Waals surface area contributed by atoms with Gasteiger partial charge in [-0.2, -0.15) is 0 Å². The van der Waals surface area contributed by atoms with Gasteiger partial charge in [0.1, 0.15) is 22.3 Å². The third kappa shape index (κ3) is 4.43. The lowest BCUT2D eigenvalue weighted by atomic mass is 10.0.